The van der Waals surface area contributed by atoms with E-state index >= 15 is 0 Å². The summed E-state index contributed by atoms with van der Waals surface area (Å²) in [5, 5.41) is 11.8. The van der Waals surface area contributed by atoms with Crippen LogP contribution in [0, 0.1) is 6.92 Å². The molecule has 0 atom stereocenters. The Hall–Kier alpha value is -3.21. The fraction of sp³-hybridized carbons (Fsp3) is 0.227. The molecule has 1 N–H and O–H groups in total. The van der Waals surface area contributed by atoms with Gasteiger partial charge in [0.25, 0.3) is 5.91 Å². The first-order valence-electron chi connectivity index (χ1n) is 9.18. The number of aryl methyl sites for hydroxylation is 1. The molecule has 1 heterocycles. The zero-order valence-corrected chi connectivity index (χ0v) is 15.9. The van der Waals surface area contributed by atoms with Crippen LogP contribution in [-0.4, -0.2) is 34.1 Å². The highest BCUT2D eigenvalue weighted by Crippen LogP contribution is 2.22. The van der Waals surface area contributed by atoms with Gasteiger partial charge in [-0.2, -0.15) is 0 Å². The van der Waals surface area contributed by atoms with Crippen LogP contribution in [0.5, 0.6) is 0 Å². The van der Waals surface area contributed by atoms with E-state index in [1.807, 2.05) is 68.4 Å². The number of rotatable bonds is 6. The molecule has 0 unspecified atom stereocenters. The average Bonchev–Trinajstić information content (AvgIpc) is 2.70. The van der Waals surface area contributed by atoms with Gasteiger partial charge in [0.1, 0.15) is 0 Å². The predicted molar refractivity (Wildman–Crippen MR) is 109 cm³/mol. The number of hydrogen-bond donors (Lipinski definition) is 1. The third kappa shape index (κ3) is 4.31. The Bertz CT molecular complexity index is 918. The Labute approximate surface area is 160 Å². The van der Waals surface area contributed by atoms with Crippen LogP contribution >= 0.6 is 0 Å². The van der Waals surface area contributed by atoms with Crippen molar-refractivity contribution < 1.29 is 4.79 Å². The first-order chi connectivity index (χ1) is 13.1. The van der Waals surface area contributed by atoms with Crippen molar-refractivity contribution in [3.63, 3.8) is 0 Å². The van der Waals surface area contributed by atoms with Gasteiger partial charge in [0.2, 0.25) is 0 Å². The van der Waals surface area contributed by atoms with Gasteiger partial charge in [-0.05, 0) is 56.7 Å². The molecule has 0 aliphatic rings. The van der Waals surface area contributed by atoms with Crippen LogP contribution in [0.15, 0.2) is 60.7 Å². The third-order valence-electron chi connectivity index (χ3n) is 4.52. The number of benzene rings is 2. The Balaban J connectivity index is 1.77. The second kappa shape index (κ2) is 8.45. The second-order valence-corrected chi connectivity index (χ2v) is 6.30. The van der Waals surface area contributed by atoms with Gasteiger partial charge in [0.15, 0.2) is 5.82 Å². The standard InChI is InChI=1S/C22H24N4O/c1-4-26(5-2)22(27)17-10-8-11-18(15-17)23-21-14-13-20(24-25-21)19-12-7-6-9-16(19)3/h6-15H,4-5H2,1-3H3,(H,23,25). The molecule has 27 heavy (non-hydrogen) atoms. The van der Waals surface area contributed by atoms with Crippen molar-refractivity contribution in [2.45, 2.75) is 20.8 Å². The Morgan fingerprint density at radius 2 is 1.74 bits per heavy atom. The number of nitrogens with one attached hydrogen (secondary N) is 1. The van der Waals surface area contributed by atoms with E-state index in [0.717, 1.165) is 22.5 Å². The van der Waals surface area contributed by atoms with Crippen LogP contribution in [-0.2, 0) is 0 Å². The van der Waals surface area contributed by atoms with Crippen LogP contribution in [0.25, 0.3) is 11.3 Å². The lowest BCUT2D eigenvalue weighted by Crippen LogP contribution is -2.30. The zero-order chi connectivity index (χ0) is 19.2. The molecular weight excluding hydrogens is 336 g/mol. The zero-order valence-electron chi connectivity index (χ0n) is 15.9. The summed E-state index contributed by atoms with van der Waals surface area (Å²) in [6.45, 7) is 7.41. The summed E-state index contributed by atoms with van der Waals surface area (Å²) in [6.07, 6.45) is 0. The van der Waals surface area contributed by atoms with Crippen molar-refractivity contribution in [3.8, 4) is 11.3 Å². The van der Waals surface area contributed by atoms with Gasteiger partial charge < -0.3 is 10.2 Å². The first-order valence-corrected chi connectivity index (χ1v) is 9.18. The Morgan fingerprint density at radius 3 is 2.41 bits per heavy atom. The fourth-order valence-electron chi connectivity index (χ4n) is 2.97. The lowest BCUT2D eigenvalue weighted by Gasteiger charge is -2.19. The minimum Gasteiger partial charge on any atom is -0.339 e. The smallest absolute Gasteiger partial charge is 0.253 e. The molecule has 5 nitrogen and oxygen atoms in total. The van der Waals surface area contributed by atoms with Crippen molar-refractivity contribution in [2.75, 3.05) is 18.4 Å². The molecule has 0 spiro atoms. The van der Waals surface area contributed by atoms with E-state index in [-0.39, 0.29) is 5.91 Å². The molecule has 3 aromatic rings. The van der Waals surface area contributed by atoms with Gasteiger partial charge in [-0.1, -0.05) is 30.3 Å². The molecule has 0 saturated heterocycles. The topological polar surface area (TPSA) is 58.1 Å². The maximum Gasteiger partial charge on any atom is 0.253 e. The first kappa shape index (κ1) is 18.6. The highest BCUT2D eigenvalue weighted by Gasteiger charge is 2.12. The van der Waals surface area contributed by atoms with Crippen LogP contribution in [0.1, 0.15) is 29.8 Å². The summed E-state index contributed by atoms with van der Waals surface area (Å²) in [7, 11) is 0. The van der Waals surface area contributed by atoms with Crippen LogP contribution in [0.4, 0.5) is 11.5 Å². The van der Waals surface area contributed by atoms with Crippen molar-refractivity contribution in [2.24, 2.45) is 0 Å². The lowest BCUT2D eigenvalue weighted by atomic mass is 10.1. The van der Waals surface area contributed by atoms with Crippen molar-refractivity contribution in [3.05, 3.63) is 71.8 Å². The number of aromatic nitrogens is 2. The lowest BCUT2D eigenvalue weighted by molar-refractivity contribution is 0.0773. The van der Waals surface area contributed by atoms with Gasteiger partial charge in [-0.3, -0.25) is 4.79 Å². The van der Waals surface area contributed by atoms with E-state index in [2.05, 4.69) is 28.5 Å². The summed E-state index contributed by atoms with van der Waals surface area (Å²) in [4.78, 5) is 14.3. The van der Waals surface area contributed by atoms with E-state index in [1.54, 1.807) is 4.90 Å². The maximum atomic E-state index is 12.5. The molecular formula is C22H24N4O. The number of anilines is 2. The monoisotopic (exact) mass is 360 g/mol. The normalized spacial score (nSPS) is 10.5. The van der Waals surface area contributed by atoms with Crippen molar-refractivity contribution in [1.29, 1.82) is 0 Å². The van der Waals surface area contributed by atoms with Gasteiger partial charge in [0, 0.05) is 29.9 Å². The van der Waals surface area contributed by atoms with E-state index < -0.39 is 0 Å². The number of carbonyl (C=O) groups excluding carboxylic acids is 1. The molecule has 2 aromatic carbocycles. The van der Waals surface area contributed by atoms with E-state index in [1.165, 1.54) is 0 Å². The predicted octanol–water partition coefficient (Wildman–Crippen LogP) is 4.68. The second-order valence-electron chi connectivity index (χ2n) is 6.30. The molecule has 0 aliphatic heterocycles. The maximum absolute atomic E-state index is 12.5. The molecule has 0 bridgehead atoms. The Morgan fingerprint density at radius 1 is 0.963 bits per heavy atom. The molecule has 3 rings (SSSR count). The number of amides is 1. The van der Waals surface area contributed by atoms with Crippen LogP contribution < -0.4 is 5.32 Å². The minimum absolute atomic E-state index is 0.0321. The highest BCUT2D eigenvalue weighted by molar-refractivity contribution is 5.95. The number of carbonyl (C=O) groups is 1. The molecule has 0 saturated carbocycles. The quantitative estimate of drug-likeness (QED) is 0.693. The van der Waals surface area contributed by atoms with Crippen LogP contribution in [0.3, 0.4) is 0 Å². The molecule has 138 valence electrons. The summed E-state index contributed by atoms with van der Waals surface area (Å²) >= 11 is 0. The number of nitrogens with zero attached hydrogens (tertiary/aromatic N) is 3. The largest absolute Gasteiger partial charge is 0.339 e. The summed E-state index contributed by atoms with van der Waals surface area (Å²) < 4.78 is 0. The molecule has 1 amide bonds. The molecule has 0 fully saturated rings. The van der Waals surface area contributed by atoms with E-state index in [9.17, 15) is 4.79 Å². The van der Waals surface area contributed by atoms with E-state index in [0.29, 0.717) is 24.5 Å². The molecule has 0 aliphatic carbocycles. The fourth-order valence-corrected chi connectivity index (χ4v) is 2.97. The van der Waals surface area contributed by atoms with Gasteiger partial charge in [-0.15, -0.1) is 10.2 Å². The Kier molecular flexibility index (Phi) is 5.81. The third-order valence-corrected chi connectivity index (χ3v) is 4.52. The molecule has 5 heteroatoms. The summed E-state index contributed by atoms with van der Waals surface area (Å²) in [6, 6.07) is 19.4. The van der Waals surface area contributed by atoms with Gasteiger partial charge in [0.05, 0.1) is 5.69 Å². The van der Waals surface area contributed by atoms with Crippen molar-refractivity contribution >= 4 is 17.4 Å². The van der Waals surface area contributed by atoms with Gasteiger partial charge >= 0.3 is 0 Å². The molecule has 0 radical (unpaired) electrons. The summed E-state index contributed by atoms with van der Waals surface area (Å²) in [5.74, 6) is 0.671. The summed E-state index contributed by atoms with van der Waals surface area (Å²) in [5.41, 5.74) is 4.54. The minimum atomic E-state index is 0.0321. The average molecular weight is 360 g/mol. The van der Waals surface area contributed by atoms with Gasteiger partial charge in [-0.25, -0.2) is 0 Å². The highest BCUT2D eigenvalue weighted by atomic mass is 16.2. The molecule has 1 aromatic heterocycles. The number of hydrogen-bond acceptors (Lipinski definition) is 4. The van der Waals surface area contributed by atoms with E-state index in [4.69, 9.17) is 0 Å². The SMILES string of the molecule is CCN(CC)C(=O)c1cccc(Nc2ccc(-c3ccccc3C)nn2)c1. The van der Waals surface area contributed by atoms with Crippen LogP contribution in [0.2, 0.25) is 0 Å². The van der Waals surface area contributed by atoms with Crippen molar-refractivity contribution in [1.82, 2.24) is 15.1 Å².